The minimum absolute atomic E-state index is 0.0867. The van der Waals surface area contributed by atoms with E-state index in [9.17, 15) is 4.79 Å². The van der Waals surface area contributed by atoms with Crippen molar-refractivity contribution in [1.29, 1.82) is 0 Å². The lowest BCUT2D eigenvalue weighted by atomic mass is 9.89. The highest BCUT2D eigenvalue weighted by molar-refractivity contribution is 5.76. The number of hydrogen-bond acceptors (Lipinski definition) is 5. The SMILES string of the molecule is CC(NC(=O)CC1CC2CCC(C1)N2)c1nn[nH]n1. The summed E-state index contributed by atoms with van der Waals surface area (Å²) in [6.45, 7) is 1.87. The van der Waals surface area contributed by atoms with E-state index in [0.29, 0.717) is 30.2 Å². The summed E-state index contributed by atoms with van der Waals surface area (Å²) >= 11 is 0. The number of tetrazole rings is 1. The van der Waals surface area contributed by atoms with Gasteiger partial charge >= 0.3 is 0 Å². The number of amides is 1. The number of fused-ring (bicyclic) bond motifs is 2. The molecule has 3 heterocycles. The van der Waals surface area contributed by atoms with Gasteiger partial charge in [-0.15, -0.1) is 10.2 Å². The van der Waals surface area contributed by atoms with Crippen LogP contribution in [0.25, 0.3) is 0 Å². The van der Waals surface area contributed by atoms with Crippen LogP contribution in [-0.2, 0) is 4.79 Å². The number of rotatable bonds is 4. The van der Waals surface area contributed by atoms with E-state index in [1.807, 2.05) is 6.92 Å². The standard InChI is InChI=1S/C12H20N6O/c1-7(12-15-17-18-16-12)13-11(19)6-8-4-9-2-3-10(5-8)14-9/h7-10,14H,2-6H2,1H3,(H,13,19)(H,15,16,17,18). The quantitative estimate of drug-likeness (QED) is 0.727. The van der Waals surface area contributed by atoms with Gasteiger partial charge in [-0.3, -0.25) is 4.79 Å². The lowest BCUT2D eigenvalue weighted by molar-refractivity contribution is -0.123. The van der Waals surface area contributed by atoms with Crippen molar-refractivity contribution in [1.82, 2.24) is 31.3 Å². The fraction of sp³-hybridized carbons (Fsp3) is 0.833. The minimum Gasteiger partial charge on any atom is -0.346 e. The number of carbonyl (C=O) groups excluding carboxylic acids is 1. The van der Waals surface area contributed by atoms with Crippen LogP contribution in [0, 0.1) is 5.92 Å². The highest BCUT2D eigenvalue weighted by Gasteiger charge is 2.34. The minimum atomic E-state index is -0.190. The second-order valence-electron chi connectivity index (χ2n) is 5.74. The Morgan fingerprint density at radius 1 is 1.42 bits per heavy atom. The summed E-state index contributed by atoms with van der Waals surface area (Å²) in [6, 6.07) is 1.07. The van der Waals surface area contributed by atoms with E-state index in [2.05, 4.69) is 31.3 Å². The molecule has 0 aromatic carbocycles. The van der Waals surface area contributed by atoms with Crippen LogP contribution in [0.1, 0.15) is 50.9 Å². The molecular formula is C12H20N6O. The van der Waals surface area contributed by atoms with Crippen molar-refractivity contribution in [2.75, 3.05) is 0 Å². The van der Waals surface area contributed by atoms with E-state index < -0.39 is 0 Å². The number of hydrogen-bond donors (Lipinski definition) is 3. The normalized spacial score (nSPS) is 31.1. The molecule has 2 saturated heterocycles. The summed E-state index contributed by atoms with van der Waals surface area (Å²) in [6.07, 6.45) is 5.39. The van der Waals surface area contributed by atoms with Crippen LogP contribution >= 0.6 is 0 Å². The van der Waals surface area contributed by atoms with Crippen molar-refractivity contribution < 1.29 is 4.79 Å². The van der Waals surface area contributed by atoms with Crippen LogP contribution < -0.4 is 10.6 Å². The number of aromatic nitrogens is 4. The molecule has 0 radical (unpaired) electrons. The summed E-state index contributed by atoms with van der Waals surface area (Å²) in [7, 11) is 0. The third-order valence-electron chi connectivity index (χ3n) is 4.17. The average molecular weight is 264 g/mol. The Balaban J connectivity index is 1.49. The first-order valence-electron chi connectivity index (χ1n) is 6.99. The second-order valence-corrected chi connectivity index (χ2v) is 5.74. The molecule has 2 aliphatic rings. The summed E-state index contributed by atoms with van der Waals surface area (Å²) in [5.74, 6) is 1.12. The summed E-state index contributed by atoms with van der Waals surface area (Å²) in [5.41, 5.74) is 0. The van der Waals surface area contributed by atoms with Gasteiger partial charge in [0.15, 0.2) is 5.82 Å². The van der Waals surface area contributed by atoms with Crippen LogP contribution in [-0.4, -0.2) is 38.6 Å². The van der Waals surface area contributed by atoms with E-state index in [1.165, 1.54) is 12.8 Å². The molecule has 2 fully saturated rings. The van der Waals surface area contributed by atoms with Crippen molar-refractivity contribution in [2.24, 2.45) is 5.92 Å². The molecule has 0 saturated carbocycles. The van der Waals surface area contributed by atoms with Gasteiger partial charge in [-0.25, -0.2) is 0 Å². The van der Waals surface area contributed by atoms with Crippen LogP contribution in [0.15, 0.2) is 0 Å². The van der Waals surface area contributed by atoms with Gasteiger partial charge in [0.05, 0.1) is 6.04 Å². The van der Waals surface area contributed by atoms with Crippen LogP contribution in [0.4, 0.5) is 0 Å². The smallest absolute Gasteiger partial charge is 0.220 e. The van der Waals surface area contributed by atoms with E-state index in [4.69, 9.17) is 0 Å². The first-order chi connectivity index (χ1) is 9.20. The summed E-state index contributed by atoms with van der Waals surface area (Å²) in [4.78, 5) is 12.0. The van der Waals surface area contributed by atoms with Gasteiger partial charge in [-0.05, 0) is 38.5 Å². The Morgan fingerprint density at radius 3 is 2.79 bits per heavy atom. The van der Waals surface area contributed by atoms with Crippen LogP contribution in [0.3, 0.4) is 0 Å². The Labute approximate surface area is 111 Å². The Bertz CT molecular complexity index is 421. The Kier molecular flexibility index (Phi) is 3.46. The molecule has 7 nitrogen and oxygen atoms in total. The van der Waals surface area contributed by atoms with Crippen LogP contribution in [0.2, 0.25) is 0 Å². The van der Waals surface area contributed by atoms with Crippen molar-refractivity contribution >= 4 is 5.91 Å². The molecule has 0 spiro atoms. The fourth-order valence-corrected chi connectivity index (χ4v) is 3.32. The summed E-state index contributed by atoms with van der Waals surface area (Å²) < 4.78 is 0. The van der Waals surface area contributed by atoms with Gasteiger partial charge in [0, 0.05) is 18.5 Å². The number of aromatic amines is 1. The molecule has 3 N–H and O–H groups in total. The molecule has 19 heavy (non-hydrogen) atoms. The fourth-order valence-electron chi connectivity index (χ4n) is 3.32. The van der Waals surface area contributed by atoms with Crippen molar-refractivity contribution in [3.8, 4) is 0 Å². The van der Waals surface area contributed by atoms with Crippen molar-refractivity contribution in [2.45, 2.75) is 57.2 Å². The largest absolute Gasteiger partial charge is 0.346 e. The molecule has 3 atom stereocenters. The molecule has 2 aliphatic heterocycles. The summed E-state index contributed by atoms with van der Waals surface area (Å²) in [5, 5.41) is 20.2. The van der Waals surface area contributed by atoms with E-state index >= 15 is 0 Å². The lowest BCUT2D eigenvalue weighted by Crippen LogP contribution is -2.40. The Hall–Kier alpha value is -1.50. The first-order valence-corrected chi connectivity index (χ1v) is 6.99. The predicted octanol–water partition coefficient (Wildman–Crippen LogP) is 0.298. The topological polar surface area (TPSA) is 95.6 Å². The van der Waals surface area contributed by atoms with Gasteiger partial charge in [0.25, 0.3) is 0 Å². The zero-order chi connectivity index (χ0) is 13.2. The highest BCUT2D eigenvalue weighted by atomic mass is 16.1. The number of nitrogens with zero attached hydrogens (tertiary/aromatic N) is 3. The maximum Gasteiger partial charge on any atom is 0.220 e. The van der Waals surface area contributed by atoms with Gasteiger partial charge in [-0.1, -0.05) is 5.21 Å². The highest BCUT2D eigenvalue weighted by Crippen LogP contribution is 2.32. The molecular weight excluding hydrogens is 244 g/mol. The zero-order valence-corrected chi connectivity index (χ0v) is 11.1. The van der Waals surface area contributed by atoms with Crippen molar-refractivity contribution in [3.05, 3.63) is 5.82 Å². The number of nitrogens with one attached hydrogen (secondary N) is 3. The van der Waals surface area contributed by atoms with E-state index in [1.54, 1.807) is 0 Å². The molecule has 1 amide bonds. The molecule has 2 bridgehead atoms. The van der Waals surface area contributed by atoms with E-state index in [0.717, 1.165) is 12.8 Å². The number of piperidine rings is 1. The maximum absolute atomic E-state index is 12.0. The molecule has 7 heteroatoms. The molecule has 3 unspecified atom stereocenters. The number of H-pyrrole nitrogens is 1. The lowest BCUT2D eigenvalue weighted by Gasteiger charge is -2.28. The molecule has 1 aromatic heterocycles. The third-order valence-corrected chi connectivity index (χ3v) is 4.17. The van der Waals surface area contributed by atoms with E-state index in [-0.39, 0.29) is 11.9 Å². The molecule has 3 rings (SSSR count). The molecule has 0 aliphatic carbocycles. The van der Waals surface area contributed by atoms with Gasteiger partial charge < -0.3 is 10.6 Å². The number of carbonyl (C=O) groups is 1. The second kappa shape index (κ2) is 5.24. The maximum atomic E-state index is 12.0. The first kappa shape index (κ1) is 12.5. The van der Waals surface area contributed by atoms with Crippen LogP contribution in [0.5, 0.6) is 0 Å². The van der Waals surface area contributed by atoms with Gasteiger partial charge in [0.2, 0.25) is 5.91 Å². The monoisotopic (exact) mass is 264 g/mol. The zero-order valence-electron chi connectivity index (χ0n) is 11.1. The average Bonchev–Trinajstić information content (AvgIpc) is 2.99. The Morgan fingerprint density at radius 2 is 2.16 bits per heavy atom. The predicted molar refractivity (Wildman–Crippen MR) is 68.0 cm³/mol. The van der Waals surface area contributed by atoms with Gasteiger partial charge in [0.1, 0.15) is 0 Å². The molecule has 1 aromatic rings. The molecule has 104 valence electrons. The van der Waals surface area contributed by atoms with Gasteiger partial charge in [-0.2, -0.15) is 5.21 Å². The third kappa shape index (κ3) is 2.91. The van der Waals surface area contributed by atoms with Crippen molar-refractivity contribution in [3.63, 3.8) is 0 Å².